The lowest BCUT2D eigenvalue weighted by atomic mass is 10.1. The molecule has 0 spiro atoms. The molecule has 4 nitrogen and oxygen atoms in total. The monoisotopic (exact) mass is 299 g/mol. The fraction of sp³-hybridized carbons (Fsp3) is 0.692. The van der Waals surface area contributed by atoms with E-state index < -0.39 is 0 Å². The van der Waals surface area contributed by atoms with Crippen molar-refractivity contribution in [1.82, 2.24) is 14.8 Å². The number of rotatable bonds is 3. The van der Waals surface area contributed by atoms with Crippen LogP contribution < -0.4 is 0 Å². The van der Waals surface area contributed by atoms with E-state index in [0.717, 1.165) is 30.3 Å². The first-order valence-electron chi connectivity index (χ1n) is 6.57. The average molecular weight is 299 g/mol. The van der Waals surface area contributed by atoms with Gasteiger partial charge in [-0.05, 0) is 39.6 Å². The van der Waals surface area contributed by atoms with Gasteiger partial charge in [-0.2, -0.15) is 0 Å². The summed E-state index contributed by atoms with van der Waals surface area (Å²) < 4.78 is 0.962. The molecular formula is C13H21N3OS2. The third-order valence-corrected chi connectivity index (χ3v) is 5.46. The maximum Gasteiger partial charge on any atom is 0.273 e. The zero-order chi connectivity index (χ0) is 13.8. The quantitative estimate of drug-likeness (QED) is 0.803. The number of likely N-dealkylation sites (tertiary alicyclic amines) is 1. The van der Waals surface area contributed by atoms with Crippen molar-refractivity contribution in [2.75, 3.05) is 33.4 Å². The maximum atomic E-state index is 12.4. The Labute approximate surface area is 123 Å². The minimum atomic E-state index is 0.0935. The van der Waals surface area contributed by atoms with Crippen molar-refractivity contribution in [3.63, 3.8) is 0 Å². The van der Waals surface area contributed by atoms with Gasteiger partial charge in [0.15, 0.2) is 0 Å². The molecule has 0 aromatic carbocycles. The van der Waals surface area contributed by atoms with E-state index in [-0.39, 0.29) is 5.91 Å². The summed E-state index contributed by atoms with van der Waals surface area (Å²) in [6, 6.07) is 0.593. The summed E-state index contributed by atoms with van der Waals surface area (Å²) >= 11 is 3.14. The van der Waals surface area contributed by atoms with Crippen LogP contribution in [-0.4, -0.2) is 60.2 Å². The van der Waals surface area contributed by atoms with Crippen molar-refractivity contribution in [3.8, 4) is 0 Å². The van der Waals surface area contributed by atoms with Gasteiger partial charge in [0.25, 0.3) is 5.91 Å². The molecule has 0 N–H and O–H groups in total. The van der Waals surface area contributed by atoms with Crippen molar-refractivity contribution in [1.29, 1.82) is 0 Å². The molecule has 1 atom stereocenters. The van der Waals surface area contributed by atoms with Crippen molar-refractivity contribution >= 4 is 29.0 Å². The predicted octanol–water partition coefficient (Wildman–Crippen LogP) is 2.42. The van der Waals surface area contributed by atoms with Crippen molar-refractivity contribution in [2.45, 2.75) is 29.6 Å². The van der Waals surface area contributed by atoms with Gasteiger partial charge < -0.3 is 9.80 Å². The first-order chi connectivity index (χ1) is 9.11. The minimum absolute atomic E-state index is 0.0935. The average Bonchev–Trinajstić information content (AvgIpc) is 2.74. The van der Waals surface area contributed by atoms with E-state index in [1.54, 1.807) is 23.1 Å². The number of thiazole rings is 1. The summed E-state index contributed by atoms with van der Waals surface area (Å²) in [5, 5.41) is 1.88. The number of amides is 1. The van der Waals surface area contributed by atoms with Gasteiger partial charge in [-0.15, -0.1) is 11.3 Å². The summed E-state index contributed by atoms with van der Waals surface area (Å²) in [5.74, 6) is 0.0935. The highest BCUT2D eigenvalue weighted by molar-refractivity contribution is 8.00. The molecule has 1 saturated heterocycles. The third-order valence-electron chi connectivity index (χ3n) is 3.59. The smallest absolute Gasteiger partial charge is 0.273 e. The fourth-order valence-corrected chi connectivity index (χ4v) is 3.65. The van der Waals surface area contributed by atoms with Crippen molar-refractivity contribution < 1.29 is 4.79 Å². The molecule has 0 unspecified atom stereocenters. The Hall–Kier alpha value is -0.590. The lowest BCUT2D eigenvalue weighted by Crippen LogP contribution is -2.34. The molecule has 1 aliphatic rings. The van der Waals surface area contributed by atoms with Gasteiger partial charge in [0.05, 0.1) is 0 Å². The molecule has 0 bridgehead atoms. The standard InChI is InChI=1S/C13H21N3OS2/c1-15(2)10-5-4-7-16(8-6-10)12(17)11-9-19-13(14-11)18-3/h9-10H,4-8H2,1-3H3/t10-/m0/s1. The maximum absolute atomic E-state index is 12.4. The number of aromatic nitrogens is 1. The number of thioether (sulfide) groups is 1. The van der Waals surface area contributed by atoms with Crippen LogP contribution >= 0.6 is 23.1 Å². The van der Waals surface area contributed by atoms with Gasteiger partial charge >= 0.3 is 0 Å². The van der Waals surface area contributed by atoms with Crippen LogP contribution in [0.3, 0.4) is 0 Å². The largest absolute Gasteiger partial charge is 0.337 e. The van der Waals surface area contributed by atoms with Gasteiger partial charge in [0.1, 0.15) is 10.0 Å². The number of hydrogen-bond donors (Lipinski definition) is 0. The van der Waals surface area contributed by atoms with Crippen LogP contribution in [0.5, 0.6) is 0 Å². The van der Waals surface area contributed by atoms with Gasteiger partial charge in [-0.1, -0.05) is 11.8 Å². The van der Waals surface area contributed by atoms with Crippen LogP contribution in [-0.2, 0) is 0 Å². The minimum Gasteiger partial charge on any atom is -0.337 e. The number of nitrogens with zero attached hydrogens (tertiary/aromatic N) is 3. The fourth-order valence-electron chi connectivity index (χ4n) is 2.41. The van der Waals surface area contributed by atoms with E-state index in [0.29, 0.717) is 11.7 Å². The Bertz CT molecular complexity index is 433. The normalized spacial score (nSPS) is 20.6. The van der Waals surface area contributed by atoms with Crippen LogP contribution in [0.25, 0.3) is 0 Å². The second-order valence-electron chi connectivity index (χ2n) is 5.04. The van der Waals surface area contributed by atoms with E-state index in [2.05, 4.69) is 24.0 Å². The highest BCUT2D eigenvalue weighted by Gasteiger charge is 2.23. The topological polar surface area (TPSA) is 36.4 Å². The molecule has 1 fully saturated rings. The summed E-state index contributed by atoms with van der Waals surface area (Å²) in [6.07, 6.45) is 5.29. The second kappa shape index (κ2) is 6.72. The lowest BCUT2D eigenvalue weighted by molar-refractivity contribution is 0.0753. The first-order valence-corrected chi connectivity index (χ1v) is 8.67. The summed E-state index contributed by atoms with van der Waals surface area (Å²) in [4.78, 5) is 21.0. The molecule has 1 aliphatic heterocycles. The number of hydrogen-bond acceptors (Lipinski definition) is 5. The van der Waals surface area contributed by atoms with Crippen LogP contribution in [0.2, 0.25) is 0 Å². The molecule has 2 rings (SSSR count). The number of carbonyl (C=O) groups excluding carboxylic acids is 1. The first kappa shape index (κ1) is 14.8. The molecule has 19 heavy (non-hydrogen) atoms. The van der Waals surface area contributed by atoms with E-state index in [1.165, 1.54) is 6.42 Å². The predicted molar refractivity (Wildman–Crippen MR) is 81.1 cm³/mol. The van der Waals surface area contributed by atoms with E-state index >= 15 is 0 Å². The van der Waals surface area contributed by atoms with Gasteiger partial charge in [-0.25, -0.2) is 4.98 Å². The van der Waals surface area contributed by atoms with Gasteiger partial charge in [-0.3, -0.25) is 4.79 Å². The number of carbonyl (C=O) groups is 1. The van der Waals surface area contributed by atoms with Crippen molar-refractivity contribution in [3.05, 3.63) is 11.1 Å². The van der Waals surface area contributed by atoms with E-state index in [9.17, 15) is 4.79 Å². The summed E-state index contributed by atoms with van der Waals surface area (Å²) in [6.45, 7) is 1.70. The van der Waals surface area contributed by atoms with Crippen LogP contribution in [0.4, 0.5) is 0 Å². The van der Waals surface area contributed by atoms with E-state index in [4.69, 9.17) is 0 Å². The summed E-state index contributed by atoms with van der Waals surface area (Å²) in [5.41, 5.74) is 0.609. The Morgan fingerprint density at radius 1 is 1.47 bits per heavy atom. The molecule has 1 aromatic rings. The molecule has 6 heteroatoms. The van der Waals surface area contributed by atoms with Crippen molar-refractivity contribution in [2.24, 2.45) is 0 Å². The Balaban J connectivity index is 1.99. The summed E-state index contributed by atoms with van der Waals surface area (Å²) in [7, 11) is 4.24. The highest BCUT2D eigenvalue weighted by atomic mass is 32.2. The molecule has 0 saturated carbocycles. The van der Waals surface area contributed by atoms with Crippen LogP contribution in [0.15, 0.2) is 9.72 Å². The zero-order valence-electron chi connectivity index (χ0n) is 11.8. The highest BCUT2D eigenvalue weighted by Crippen LogP contribution is 2.22. The Kier molecular flexibility index (Phi) is 5.24. The molecule has 106 valence electrons. The Morgan fingerprint density at radius 3 is 2.89 bits per heavy atom. The van der Waals surface area contributed by atoms with E-state index in [1.807, 2.05) is 16.5 Å². The second-order valence-corrected chi connectivity index (χ2v) is 6.95. The molecule has 0 radical (unpaired) electrons. The lowest BCUT2D eigenvalue weighted by Gasteiger charge is -2.23. The van der Waals surface area contributed by atoms with Crippen LogP contribution in [0, 0.1) is 0 Å². The zero-order valence-corrected chi connectivity index (χ0v) is 13.4. The third kappa shape index (κ3) is 3.70. The SMILES string of the molecule is CSc1nc(C(=O)N2CCC[C@H](N(C)C)CC2)cs1. The molecule has 1 amide bonds. The molecule has 2 heterocycles. The van der Waals surface area contributed by atoms with Gasteiger partial charge in [0, 0.05) is 24.5 Å². The van der Waals surface area contributed by atoms with Crippen LogP contribution in [0.1, 0.15) is 29.8 Å². The van der Waals surface area contributed by atoms with Gasteiger partial charge in [0.2, 0.25) is 0 Å². The Morgan fingerprint density at radius 2 is 2.26 bits per heavy atom. The molecule has 1 aromatic heterocycles. The molecule has 0 aliphatic carbocycles. The molecular weight excluding hydrogens is 278 g/mol.